The zero-order valence-electron chi connectivity index (χ0n) is 10.6. The van der Waals surface area contributed by atoms with Crippen molar-refractivity contribution in [2.45, 2.75) is 19.9 Å². The summed E-state index contributed by atoms with van der Waals surface area (Å²) in [5, 5.41) is 14.0. The van der Waals surface area contributed by atoms with Gasteiger partial charge in [-0.25, -0.2) is 0 Å². The number of para-hydroxylation sites is 1. The minimum Gasteiger partial charge on any atom is -0.394 e. The van der Waals surface area contributed by atoms with E-state index in [1.807, 2.05) is 19.2 Å². The lowest BCUT2D eigenvalue weighted by atomic mass is 10.1. The van der Waals surface area contributed by atoms with E-state index in [4.69, 9.17) is 0 Å². The number of nitrogens with zero attached hydrogens (tertiary/aromatic N) is 1. The predicted octanol–water partition coefficient (Wildman–Crippen LogP) is 2.61. The van der Waals surface area contributed by atoms with Crippen LogP contribution in [0.2, 0.25) is 0 Å². The van der Waals surface area contributed by atoms with Crippen LogP contribution in [0.1, 0.15) is 13.8 Å². The van der Waals surface area contributed by atoms with Gasteiger partial charge in [-0.1, -0.05) is 32.0 Å². The van der Waals surface area contributed by atoms with E-state index in [-0.39, 0.29) is 12.6 Å². The number of aryl methyl sites for hydroxylation is 1. The average molecular weight is 232 g/mol. The third-order valence-corrected chi connectivity index (χ3v) is 3.24. The molecule has 1 aromatic carbocycles. The molecule has 3 nitrogen and oxygen atoms in total. The summed E-state index contributed by atoms with van der Waals surface area (Å²) in [4.78, 5) is 0. The number of rotatable bonds is 4. The van der Waals surface area contributed by atoms with E-state index in [0.717, 1.165) is 5.69 Å². The summed E-state index contributed by atoms with van der Waals surface area (Å²) in [5.41, 5.74) is 2.30. The Kier molecular flexibility index (Phi) is 3.38. The number of aliphatic hydroxyl groups excluding tert-OH is 1. The molecule has 1 unspecified atom stereocenters. The number of hydrogen-bond donors (Lipinski definition) is 2. The molecule has 2 aromatic rings. The number of anilines is 1. The summed E-state index contributed by atoms with van der Waals surface area (Å²) in [6.07, 6.45) is 2.08. The van der Waals surface area contributed by atoms with Gasteiger partial charge in [0, 0.05) is 24.1 Å². The fraction of sp³-hybridized carbons (Fsp3) is 0.429. The van der Waals surface area contributed by atoms with Gasteiger partial charge >= 0.3 is 0 Å². The summed E-state index contributed by atoms with van der Waals surface area (Å²) in [5.74, 6) is 0.402. The quantitative estimate of drug-likeness (QED) is 0.850. The highest BCUT2D eigenvalue weighted by molar-refractivity contribution is 5.93. The molecule has 1 atom stereocenters. The molecule has 0 bridgehead atoms. The third-order valence-electron chi connectivity index (χ3n) is 3.24. The Bertz CT molecular complexity index is 502. The molecule has 0 aliphatic carbocycles. The van der Waals surface area contributed by atoms with Crippen molar-refractivity contribution in [1.29, 1.82) is 0 Å². The van der Waals surface area contributed by atoms with Crippen LogP contribution >= 0.6 is 0 Å². The lowest BCUT2D eigenvalue weighted by Gasteiger charge is -2.20. The fourth-order valence-electron chi connectivity index (χ4n) is 2.08. The van der Waals surface area contributed by atoms with E-state index in [1.165, 1.54) is 10.9 Å². The molecule has 0 fully saturated rings. The minimum absolute atomic E-state index is 0.0980. The van der Waals surface area contributed by atoms with Gasteiger partial charge in [0.25, 0.3) is 0 Å². The van der Waals surface area contributed by atoms with Crippen LogP contribution in [0.15, 0.2) is 30.5 Å². The van der Waals surface area contributed by atoms with Crippen LogP contribution in [-0.4, -0.2) is 22.3 Å². The van der Waals surface area contributed by atoms with E-state index < -0.39 is 0 Å². The Labute approximate surface area is 102 Å². The van der Waals surface area contributed by atoms with E-state index >= 15 is 0 Å². The van der Waals surface area contributed by atoms with Crippen LogP contribution < -0.4 is 5.32 Å². The summed E-state index contributed by atoms with van der Waals surface area (Å²) in [6.45, 7) is 4.37. The van der Waals surface area contributed by atoms with Crippen molar-refractivity contribution in [2.24, 2.45) is 13.0 Å². The van der Waals surface area contributed by atoms with Gasteiger partial charge in [-0.05, 0) is 12.0 Å². The topological polar surface area (TPSA) is 37.2 Å². The number of hydrogen-bond acceptors (Lipinski definition) is 2. The first-order valence-corrected chi connectivity index (χ1v) is 6.05. The second kappa shape index (κ2) is 4.80. The maximum absolute atomic E-state index is 9.37. The second-order valence-electron chi connectivity index (χ2n) is 4.85. The highest BCUT2D eigenvalue weighted by atomic mass is 16.3. The van der Waals surface area contributed by atoms with Crippen molar-refractivity contribution >= 4 is 16.6 Å². The van der Waals surface area contributed by atoms with Gasteiger partial charge in [-0.15, -0.1) is 0 Å². The van der Waals surface area contributed by atoms with Gasteiger partial charge in [0.05, 0.1) is 18.3 Å². The van der Waals surface area contributed by atoms with Crippen LogP contribution in [0, 0.1) is 5.92 Å². The molecule has 0 saturated carbocycles. The van der Waals surface area contributed by atoms with Crippen molar-refractivity contribution in [3.63, 3.8) is 0 Å². The van der Waals surface area contributed by atoms with Crippen LogP contribution in [0.4, 0.5) is 5.69 Å². The smallest absolute Gasteiger partial charge is 0.0635 e. The van der Waals surface area contributed by atoms with Gasteiger partial charge in [0.15, 0.2) is 0 Å². The number of benzene rings is 1. The maximum atomic E-state index is 9.37. The fourth-order valence-corrected chi connectivity index (χ4v) is 2.08. The maximum Gasteiger partial charge on any atom is 0.0635 e. The molecule has 0 spiro atoms. The first kappa shape index (κ1) is 12.0. The molecule has 0 radical (unpaired) electrons. The monoisotopic (exact) mass is 232 g/mol. The first-order valence-electron chi connectivity index (χ1n) is 6.05. The Balaban J connectivity index is 2.36. The van der Waals surface area contributed by atoms with E-state index in [2.05, 4.69) is 42.1 Å². The van der Waals surface area contributed by atoms with E-state index in [0.29, 0.717) is 5.92 Å². The van der Waals surface area contributed by atoms with Crippen LogP contribution in [0.5, 0.6) is 0 Å². The van der Waals surface area contributed by atoms with Crippen molar-refractivity contribution in [3.05, 3.63) is 30.5 Å². The summed E-state index contributed by atoms with van der Waals surface area (Å²) >= 11 is 0. The number of fused-ring (bicyclic) bond motifs is 1. The average Bonchev–Trinajstić information content (AvgIpc) is 2.63. The number of nitrogens with one attached hydrogen (secondary N) is 1. The van der Waals surface area contributed by atoms with E-state index in [9.17, 15) is 5.11 Å². The van der Waals surface area contributed by atoms with Crippen LogP contribution in [0.25, 0.3) is 10.9 Å². The lowest BCUT2D eigenvalue weighted by molar-refractivity contribution is 0.249. The van der Waals surface area contributed by atoms with Gasteiger partial charge in [-0.2, -0.15) is 0 Å². The van der Waals surface area contributed by atoms with Crippen molar-refractivity contribution in [3.8, 4) is 0 Å². The van der Waals surface area contributed by atoms with Gasteiger partial charge in [0.1, 0.15) is 0 Å². The van der Waals surface area contributed by atoms with Gasteiger partial charge in [-0.3, -0.25) is 0 Å². The first-order chi connectivity index (χ1) is 8.13. The standard InChI is InChI=1S/C14H20N2O/c1-10(2)13(9-17)15-12-8-16(3)14-7-5-4-6-11(12)14/h4-8,10,13,15,17H,9H2,1-3H3. The molecular formula is C14H20N2O. The Morgan fingerprint density at radius 3 is 2.65 bits per heavy atom. The number of aromatic nitrogens is 1. The van der Waals surface area contributed by atoms with Crippen molar-refractivity contribution in [2.75, 3.05) is 11.9 Å². The summed E-state index contributed by atoms with van der Waals surface area (Å²) in [7, 11) is 2.04. The molecule has 92 valence electrons. The van der Waals surface area contributed by atoms with Crippen LogP contribution in [0.3, 0.4) is 0 Å². The molecule has 0 aliphatic heterocycles. The Hall–Kier alpha value is -1.48. The molecular weight excluding hydrogens is 212 g/mol. The SMILES string of the molecule is CC(C)C(CO)Nc1cn(C)c2ccccc12. The highest BCUT2D eigenvalue weighted by Gasteiger charge is 2.14. The van der Waals surface area contributed by atoms with Gasteiger partial charge in [0.2, 0.25) is 0 Å². The van der Waals surface area contributed by atoms with Crippen molar-refractivity contribution in [1.82, 2.24) is 4.57 Å². The Morgan fingerprint density at radius 1 is 1.29 bits per heavy atom. The minimum atomic E-state index is 0.0980. The van der Waals surface area contributed by atoms with E-state index in [1.54, 1.807) is 0 Å². The normalized spacial score (nSPS) is 13.2. The molecule has 2 N–H and O–H groups in total. The number of aliphatic hydroxyl groups is 1. The predicted molar refractivity (Wildman–Crippen MR) is 72.3 cm³/mol. The Morgan fingerprint density at radius 2 is 2.00 bits per heavy atom. The summed E-state index contributed by atoms with van der Waals surface area (Å²) in [6, 6.07) is 8.38. The highest BCUT2D eigenvalue weighted by Crippen LogP contribution is 2.26. The van der Waals surface area contributed by atoms with Crippen LogP contribution in [-0.2, 0) is 7.05 Å². The molecule has 1 aromatic heterocycles. The molecule has 2 rings (SSSR count). The molecule has 0 saturated heterocycles. The molecule has 1 heterocycles. The zero-order chi connectivity index (χ0) is 12.4. The zero-order valence-corrected chi connectivity index (χ0v) is 10.6. The molecule has 0 amide bonds. The molecule has 0 aliphatic rings. The third kappa shape index (κ3) is 2.29. The second-order valence-corrected chi connectivity index (χ2v) is 4.85. The largest absolute Gasteiger partial charge is 0.394 e. The molecule has 3 heteroatoms. The lowest BCUT2D eigenvalue weighted by Crippen LogP contribution is -2.29. The van der Waals surface area contributed by atoms with Gasteiger partial charge < -0.3 is 15.0 Å². The van der Waals surface area contributed by atoms with Crippen molar-refractivity contribution < 1.29 is 5.11 Å². The molecule has 17 heavy (non-hydrogen) atoms. The summed E-state index contributed by atoms with van der Waals surface area (Å²) < 4.78 is 2.10.